The minimum absolute atomic E-state index is 0.0704. The lowest BCUT2D eigenvalue weighted by Gasteiger charge is -2.06. The molecule has 0 saturated carbocycles. The average molecular weight is 210 g/mol. The van der Waals surface area contributed by atoms with Crippen molar-refractivity contribution in [2.75, 3.05) is 19.8 Å². The summed E-state index contributed by atoms with van der Waals surface area (Å²) in [6, 6.07) is 7.83. The van der Waals surface area contributed by atoms with Crippen LogP contribution in [0.5, 0.6) is 0 Å². The van der Waals surface area contributed by atoms with Crippen molar-refractivity contribution in [1.29, 1.82) is 0 Å². The van der Waals surface area contributed by atoms with E-state index < -0.39 is 6.10 Å². The van der Waals surface area contributed by atoms with Crippen LogP contribution in [0.2, 0.25) is 0 Å². The van der Waals surface area contributed by atoms with Crippen LogP contribution in [-0.2, 0) is 11.2 Å². The van der Waals surface area contributed by atoms with E-state index in [1.165, 1.54) is 5.56 Å². The summed E-state index contributed by atoms with van der Waals surface area (Å²) < 4.78 is 5.17. The summed E-state index contributed by atoms with van der Waals surface area (Å²) in [5, 5.41) is 17.8. The van der Waals surface area contributed by atoms with Crippen LogP contribution < -0.4 is 0 Å². The highest BCUT2D eigenvalue weighted by molar-refractivity contribution is 5.23. The molecular formula is C12H18O3. The molecule has 1 aromatic carbocycles. The molecule has 3 nitrogen and oxygen atoms in total. The number of ether oxygens (including phenoxy) is 1. The topological polar surface area (TPSA) is 49.7 Å². The summed E-state index contributed by atoms with van der Waals surface area (Å²) in [4.78, 5) is 0. The summed E-state index contributed by atoms with van der Waals surface area (Å²) in [6.07, 6.45) is 0.421. The summed E-state index contributed by atoms with van der Waals surface area (Å²) in [7, 11) is 0. The molecule has 1 unspecified atom stereocenters. The Bertz CT molecular complexity index is 267. The van der Waals surface area contributed by atoms with Crippen molar-refractivity contribution >= 4 is 0 Å². The van der Waals surface area contributed by atoms with E-state index in [1.807, 2.05) is 24.3 Å². The average Bonchev–Trinajstić information content (AvgIpc) is 2.25. The lowest BCUT2D eigenvalue weighted by atomic mass is 10.1. The minimum Gasteiger partial charge on any atom is -0.394 e. The van der Waals surface area contributed by atoms with Gasteiger partial charge in [0.05, 0.1) is 25.9 Å². The molecule has 1 aromatic rings. The van der Waals surface area contributed by atoms with E-state index in [9.17, 15) is 5.11 Å². The number of hydrogen-bond acceptors (Lipinski definition) is 3. The Balaban J connectivity index is 2.36. The second-order valence-corrected chi connectivity index (χ2v) is 3.50. The molecule has 0 aliphatic rings. The molecule has 0 spiro atoms. The van der Waals surface area contributed by atoms with Gasteiger partial charge in [-0.2, -0.15) is 0 Å². The number of rotatable bonds is 6. The van der Waals surface area contributed by atoms with Gasteiger partial charge in [0.2, 0.25) is 0 Å². The molecule has 0 aliphatic carbocycles. The Kier molecular flexibility index (Phi) is 5.32. The lowest BCUT2D eigenvalue weighted by Crippen LogP contribution is -2.03. The summed E-state index contributed by atoms with van der Waals surface area (Å²) in [5.41, 5.74) is 2.10. The third kappa shape index (κ3) is 4.42. The maximum Gasteiger partial charge on any atom is 0.0761 e. The fraction of sp³-hybridized carbons (Fsp3) is 0.500. The van der Waals surface area contributed by atoms with Gasteiger partial charge >= 0.3 is 0 Å². The van der Waals surface area contributed by atoms with Crippen LogP contribution in [0.1, 0.15) is 24.2 Å². The normalized spacial score (nSPS) is 12.7. The fourth-order valence-electron chi connectivity index (χ4n) is 1.32. The zero-order valence-corrected chi connectivity index (χ0v) is 9.02. The van der Waals surface area contributed by atoms with Crippen molar-refractivity contribution in [3.05, 3.63) is 35.4 Å². The van der Waals surface area contributed by atoms with Gasteiger partial charge < -0.3 is 14.9 Å². The highest BCUT2D eigenvalue weighted by Crippen LogP contribution is 2.12. The van der Waals surface area contributed by atoms with E-state index in [1.54, 1.807) is 6.92 Å². The number of aliphatic hydroxyl groups is 2. The molecular weight excluding hydrogens is 192 g/mol. The van der Waals surface area contributed by atoms with Crippen molar-refractivity contribution in [3.63, 3.8) is 0 Å². The molecule has 0 saturated heterocycles. The van der Waals surface area contributed by atoms with Gasteiger partial charge in [0, 0.05) is 0 Å². The second kappa shape index (κ2) is 6.56. The van der Waals surface area contributed by atoms with E-state index >= 15 is 0 Å². The van der Waals surface area contributed by atoms with Crippen LogP contribution in [0.25, 0.3) is 0 Å². The van der Waals surface area contributed by atoms with Crippen LogP contribution in [0.15, 0.2) is 24.3 Å². The van der Waals surface area contributed by atoms with Gasteiger partial charge in [-0.05, 0) is 24.5 Å². The molecule has 15 heavy (non-hydrogen) atoms. The second-order valence-electron chi connectivity index (χ2n) is 3.50. The third-order valence-corrected chi connectivity index (χ3v) is 2.23. The van der Waals surface area contributed by atoms with Gasteiger partial charge in [-0.15, -0.1) is 0 Å². The molecule has 0 aliphatic heterocycles. The monoisotopic (exact) mass is 210 g/mol. The first-order valence-corrected chi connectivity index (χ1v) is 5.19. The van der Waals surface area contributed by atoms with Crippen molar-refractivity contribution in [1.82, 2.24) is 0 Å². The molecule has 0 bridgehead atoms. The largest absolute Gasteiger partial charge is 0.394 e. The van der Waals surface area contributed by atoms with Crippen LogP contribution in [0.3, 0.4) is 0 Å². The third-order valence-electron chi connectivity index (χ3n) is 2.23. The van der Waals surface area contributed by atoms with Crippen molar-refractivity contribution < 1.29 is 14.9 Å². The molecule has 1 rings (SSSR count). The quantitative estimate of drug-likeness (QED) is 0.696. The first kappa shape index (κ1) is 12.2. The summed E-state index contributed by atoms with van der Waals surface area (Å²) in [6.45, 7) is 2.83. The molecule has 0 heterocycles. The lowest BCUT2D eigenvalue weighted by molar-refractivity contribution is 0.0944. The molecule has 0 aromatic heterocycles. The highest BCUT2D eigenvalue weighted by atomic mass is 16.5. The van der Waals surface area contributed by atoms with Crippen LogP contribution in [-0.4, -0.2) is 30.0 Å². The zero-order chi connectivity index (χ0) is 11.1. The molecule has 0 radical (unpaired) electrons. The predicted molar refractivity (Wildman–Crippen MR) is 58.7 cm³/mol. The van der Waals surface area contributed by atoms with E-state index in [-0.39, 0.29) is 6.61 Å². The van der Waals surface area contributed by atoms with Crippen LogP contribution >= 0.6 is 0 Å². The van der Waals surface area contributed by atoms with E-state index in [4.69, 9.17) is 9.84 Å². The maximum atomic E-state index is 9.31. The van der Waals surface area contributed by atoms with E-state index in [0.717, 1.165) is 12.0 Å². The van der Waals surface area contributed by atoms with E-state index in [2.05, 4.69) is 0 Å². The fourth-order valence-corrected chi connectivity index (χ4v) is 1.32. The number of hydrogen-bond donors (Lipinski definition) is 2. The summed E-state index contributed by atoms with van der Waals surface area (Å²) in [5.74, 6) is 0. The number of benzene rings is 1. The first-order chi connectivity index (χ1) is 7.24. The highest BCUT2D eigenvalue weighted by Gasteiger charge is 1.99. The van der Waals surface area contributed by atoms with Crippen molar-refractivity contribution in [2.24, 2.45) is 0 Å². The van der Waals surface area contributed by atoms with Crippen LogP contribution in [0.4, 0.5) is 0 Å². The first-order valence-electron chi connectivity index (χ1n) is 5.19. The van der Waals surface area contributed by atoms with Gasteiger partial charge in [-0.1, -0.05) is 24.3 Å². The van der Waals surface area contributed by atoms with Gasteiger partial charge in [-0.3, -0.25) is 0 Å². The molecule has 0 amide bonds. The van der Waals surface area contributed by atoms with Gasteiger partial charge in [0.1, 0.15) is 0 Å². The Morgan fingerprint density at radius 1 is 1.20 bits per heavy atom. The Morgan fingerprint density at radius 3 is 2.40 bits per heavy atom. The summed E-state index contributed by atoms with van der Waals surface area (Å²) >= 11 is 0. The van der Waals surface area contributed by atoms with E-state index in [0.29, 0.717) is 13.2 Å². The maximum absolute atomic E-state index is 9.31. The molecule has 84 valence electrons. The van der Waals surface area contributed by atoms with Crippen LogP contribution in [0, 0.1) is 0 Å². The Hall–Kier alpha value is -0.900. The van der Waals surface area contributed by atoms with Gasteiger partial charge in [0.25, 0.3) is 0 Å². The SMILES string of the molecule is CC(O)c1ccc(CCOCCO)cc1. The number of aliphatic hydroxyl groups excluding tert-OH is 2. The molecule has 1 atom stereocenters. The zero-order valence-electron chi connectivity index (χ0n) is 9.02. The Morgan fingerprint density at radius 2 is 1.87 bits per heavy atom. The standard InChI is InChI=1S/C12H18O3/c1-10(14)12-4-2-11(3-5-12)6-8-15-9-7-13/h2-5,10,13-14H,6-9H2,1H3. The molecule has 0 fully saturated rings. The Labute approximate surface area is 90.3 Å². The minimum atomic E-state index is -0.412. The predicted octanol–water partition coefficient (Wildman–Crippen LogP) is 1.29. The van der Waals surface area contributed by atoms with Crippen molar-refractivity contribution in [2.45, 2.75) is 19.4 Å². The van der Waals surface area contributed by atoms with Gasteiger partial charge in [0.15, 0.2) is 0 Å². The smallest absolute Gasteiger partial charge is 0.0761 e. The molecule has 3 heteroatoms. The van der Waals surface area contributed by atoms with Gasteiger partial charge in [-0.25, -0.2) is 0 Å². The van der Waals surface area contributed by atoms with Crippen molar-refractivity contribution in [3.8, 4) is 0 Å². The molecule has 2 N–H and O–H groups in total.